The van der Waals surface area contributed by atoms with Crippen molar-refractivity contribution >= 4 is 0 Å². The number of likely N-dealkylation sites (N-methyl/N-ethyl adjacent to an activating group) is 2. The second kappa shape index (κ2) is 5.55. The van der Waals surface area contributed by atoms with Crippen molar-refractivity contribution in [3.63, 3.8) is 0 Å². The van der Waals surface area contributed by atoms with Gasteiger partial charge in [-0.3, -0.25) is 0 Å². The number of halogens is 2. The Kier molecular flexibility index (Phi) is 4.21. The highest BCUT2D eigenvalue weighted by Gasteiger charge is 2.44. The van der Waals surface area contributed by atoms with Crippen LogP contribution in [0.5, 0.6) is 0 Å². The minimum Gasteiger partial charge on any atom is -0.311 e. The van der Waals surface area contributed by atoms with E-state index in [1.165, 1.54) is 6.07 Å². The van der Waals surface area contributed by atoms with E-state index in [-0.39, 0.29) is 11.6 Å². The van der Waals surface area contributed by atoms with Gasteiger partial charge in [-0.05, 0) is 40.1 Å². The summed E-state index contributed by atoms with van der Waals surface area (Å²) in [6.45, 7) is 0. The van der Waals surface area contributed by atoms with Gasteiger partial charge in [0.1, 0.15) is 11.6 Å². The number of nitrogens with one attached hydrogen (secondary N) is 1. The molecule has 1 aromatic carbocycles. The highest BCUT2D eigenvalue weighted by Crippen LogP contribution is 2.43. The van der Waals surface area contributed by atoms with Gasteiger partial charge in [0.25, 0.3) is 0 Å². The molecular weight excluding hydrogens is 246 g/mol. The lowest BCUT2D eigenvalue weighted by Crippen LogP contribution is -2.51. The molecule has 1 N–H and O–H groups in total. The fourth-order valence-electron chi connectivity index (χ4n) is 3.43. The van der Waals surface area contributed by atoms with Crippen LogP contribution in [-0.2, 0) is 0 Å². The Morgan fingerprint density at radius 3 is 2.32 bits per heavy atom. The number of hydrogen-bond acceptors (Lipinski definition) is 2. The van der Waals surface area contributed by atoms with Gasteiger partial charge in [-0.1, -0.05) is 18.9 Å². The monoisotopic (exact) mass is 268 g/mol. The first-order valence-electron chi connectivity index (χ1n) is 6.81. The van der Waals surface area contributed by atoms with E-state index in [2.05, 4.69) is 10.2 Å². The van der Waals surface area contributed by atoms with E-state index < -0.39 is 11.6 Å². The average Bonchev–Trinajstić information content (AvgIpc) is 2.83. The zero-order chi connectivity index (χ0) is 14.0. The molecular formula is C15H22F2N2. The van der Waals surface area contributed by atoms with Crippen LogP contribution in [0.4, 0.5) is 8.78 Å². The molecule has 1 aliphatic carbocycles. The van der Waals surface area contributed by atoms with Crippen molar-refractivity contribution in [2.24, 2.45) is 0 Å². The molecule has 4 heteroatoms. The molecule has 0 heterocycles. The lowest BCUT2D eigenvalue weighted by Gasteiger charge is -2.43. The van der Waals surface area contributed by atoms with Crippen molar-refractivity contribution in [2.45, 2.75) is 37.3 Å². The Morgan fingerprint density at radius 1 is 1.21 bits per heavy atom. The van der Waals surface area contributed by atoms with E-state index in [0.29, 0.717) is 5.56 Å². The molecule has 2 rings (SSSR count). The largest absolute Gasteiger partial charge is 0.311 e. The first-order chi connectivity index (χ1) is 9.01. The normalized spacial score (nSPS) is 19.9. The summed E-state index contributed by atoms with van der Waals surface area (Å²) in [6.07, 6.45) is 4.36. The Balaban J connectivity index is 2.43. The molecule has 0 aromatic heterocycles. The van der Waals surface area contributed by atoms with Crippen LogP contribution in [0.2, 0.25) is 0 Å². The van der Waals surface area contributed by atoms with Crippen LogP contribution in [0.15, 0.2) is 18.2 Å². The first-order valence-corrected chi connectivity index (χ1v) is 6.81. The molecule has 106 valence electrons. The third-order valence-corrected chi connectivity index (χ3v) is 4.46. The van der Waals surface area contributed by atoms with Crippen LogP contribution >= 0.6 is 0 Å². The molecule has 1 atom stereocenters. The molecule has 0 bridgehead atoms. The smallest absolute Gasteiger partial charge is 0.130 e. The molecule has 0 radical (unpaired) electrons. The van der Waals surface area contributed by atoms with E-state index in [1.54, 1.807) is 6.07 Å². The van der Waals surface area contributed by atoms with Gasteiger partial charge >= 0.3 is 0 Å². The van der Waals surface area contributed by atoms with Crippen LogP contribution < -0.4 is 5.32 Å². The Hall–Kier alpha value is -1.00. The van der Waals surface area contributed by atoms with Gasteiger partial charge in [0, 0.05) is 17.2 Å². The lowest BCUT2D eigenvalue weighted by atomic mass is 9.82. The summed E-state index contributed by atoms with van der Waals surface area (Å²) in [5.74, 6) is -0.992. The Bertz CT molecular complexity index is 440. The molecule has 1 fully saturated rings. The summed E-state index contributed by atoms with van der Waals surface area (Å²) in [5, 5.41) is 3.24. The van der Waals surface area contributed by atoms with Crippen molar-refractivity contribution in [3.8, 4) is 0 Å². The summed E-state index contributed by atoms with van der Waals surface area (Å²) in [5.41, 5.74) is 0.465. The zero-order valence-corrected chi connectivity index (χ0v) is 11.8. The molecule has 1 aliphatic rings. The molecule has 0 aliphatic heterocycles. The second-order valence-electron chi connectivity index (χ2n) is 5.59. The fourth-order valence-corrected chi connectivity index (χ4v) is 3.43. The highest BCUT2D eigenvalue weighted by atomic mass is 19.1. The van der Waals surface area contributed by atoms with Crippen molar-refractivity contribution < 1.29 is 8.78 Å². The van der Waals surface area contributed by atoms with Crippen molar-refractivity contribution in [1.82, 2.24) is 10.2 Å². The summed E-state index contributed by atoms with van der Waals surface area (Å²) in [4.78, 5) is 2.18. The molecule has 2 nitrogen and oxygen atoms in total. The van der Waals surface area contributed by atoms with E-state index in [0.717, 1.165) is 31.7 Å². The maximum Gasteiger partial charge on any atom is 0.130 e. The van der Waals surface area contributed by atoms with E-state index >= 15 is 0 Å². The predicted molar refractivity (Wildman–Crippen MR) is 73.0 cm³/mol. The summed E-state index contributed by atoms with van der Waals surface area (Å²) < 4.78 is 27.2. The third kappa shape index (κ3) is 2.51. The minimum atomic E-state index is -0.526. The van der Waals surface area contributed by atoms with Gasteiger partial charge in [-0.15, -0.1) is 0 Å². The topological polar surface area (TPSA) is 15.3 Å². The van der Waals surface area contributed by atoms with E-state index in [4.69, 9.17) is 0 Å². The van der Waals surface area contributed by atoms with Gasteiger partial charge in [-0.2, -0.15) is 0 Å². The number of benzene rings is 1. The Labute approximate surface area is 113 Å². The molecule has 19 heavy (non-hydrogen) atoms. The molecule has 0 amide bonds. The zero-order valence-electron chi connectivity index (χ0n) is 11.8. The van der Waals surface area contributed by atoms with Gasteiger partial charge in [-0.25, -0.2) is 8.78 Å². The molecule has 1 aromatic rings. The summed E-state index contributed by atoms with van der Waals surface area (Å²) >= 11 is 0. The predicted octanol–water partition coefficient (Wildman–Crippen LogP) is 3.10. The SMILES string of the molecule is CNC(c1ccc(F)cc1F)C1(N(C)C)CCCC1. The summed E-state index contributed by atoms with van der Waals surface area (Å²) in [6, 6.07) is 3.75. The van der Waals surface area contributed by atoms with Crippen LogP contribution in [-0.4, -0.2) is 31.6 Å². The molecule has 0 saturated heterocycles. The minimum absolute atomic E-state index is 0.0899. The first kappa shape index (κ1) is 14.4. The van der Waals surface area contributed by atoms with Crippen LogP contribution in [0.1, 0.15) is 37.3 Å². The summed E-state index contributed by atoms with van der Waals surface area (Å²) in [7, 11) is 5.92. The van der Waals surface area contributed by atoms with Gasteiger partial charge in [0.2, 0.25) is 0 Å². The van der Waals surface area contributed by atoms with Crippen molar-refractivity contribution in [1.29, 1.82) is 0 Å². The quantitative estimate of drug-likeness (QED) is 0.902. The van der Waals surface area contributed by atoms with Crippen molar-refractivity contribution in [3.05, 3.63) is 35.4 Å². The third-order valence-electron chi connectivity index (χ3n) is 4.46. The molecule has 0 spiro atoms. The van der Waals surface area contributed by atoms with Gasteiger partial charge in [0.05, 0.1) is 6.04 Å². The van der Waals surface area contributed by atoms with Crippen LogP contribution in [0.3, 0.4) is 0 Å². The standard InChI is InChI=1S/C15H22F2N2/c1-18-14(12-7-6-11(16)10-13(12)17)15(19(2)3)8-4-5-9-15/h6-7,10,14,18H,4-5,8-9H2,1-3H3. The number of nitrogens with zero attached hydrogens (tertiary/aromatic N) is 1. The van der Waals surface area contributed by atoms with E-state index in [9.17, 15) is 8.78 Å². The second-order valence-corrected chi connectivity index (χ2v) is 5.59. The fraction of sp³-hybridized carbons (Fsp3) is 0.600. The van der Waals surface area contributed by atoms with Gasteiger partial charge < -0.3 is 10.2 Å². The average molecular weight is 268 g/mol. The van der Waals surface area contributed by atoms with Crippen LogP contribution in [0.25, 0.3) is 0 Å². The number of rotatable bonds is 4. The van der Waals surface area contributed by atoms with Crippen LogP contribution in [0, 0.1) is 11.6 Å². The lowest BCUT2D eigenvalue weighted by molar-refractivity contribution is 0.107. The van der Waals surface area contributed by atoms with Gasteiger partial charge in [0.15, 0.2) is 0 Å². The maximum absolute atomic E-state index is 14.1. The molecule has 1 saturated carbocycles. The number of hydrogen-bond donors (Lipinski definition) is 1. The molecule has 1 unspecified atom stereocenters. The van der Waals surface area contributed by atoms with Crippen molar-refractivity contribution in [2.75, 3.05) is 21.1 Å². The Morgan fingerprint density at radius 2 is 1.84 bits per heavy atom. The van der Waals surface area contributed by atoms with E-state index in [1.807, 2.05) is 21.1 Å². The highest BCUT2D eigenvalue weighted by molar-refractivity contribution is 5.26. The maximum atomic E-state index is 14.1.